The van der Waals surface area contributed by atoms with E-state index in [0.29, 0.717) is 6.54 Å². The summed E-state index contributed by atoms with van der Waals surface area (Å²) in [4.78, 5) is 27.3. The Labute approximate surface area is 162 Å². The number of amides is 1. The Hall–Kier alpha value is -2.14. The molecule has 5 nitrogen and oxygen atoms in total. The van der Waals surface area contributed by atoms with Crippen molar-refractivity contribution in [2.24, 2.45) is 0 Å². The van der Waals surface area contributed by atoms with Crippen molar-refractivity contribution < 1.29 is 14.5 Å². The zero-order chi connectivity index (χ0) is 19.1. The van der Waals surface area contributed by atoms with Crippen LogP contribution in [0.5, 0.6) is 0 Å². The molecule has 0 atom stereocenters. The molecule has 1 saturated heterocycles. The van der Waals surface area contributed by atoms with E-state index < -0.39 is 0 Å². The number of benzene rings is 1. The minimum atomic E-state index is 0.0987. The van der Waals surface area contributed by atoms with E-state index in [0.717, 1.165) is 50.4 Å². The van der Waals surface area contributed by atoms with E-state index >= 15 is 0 Å². The van der Waals surface area contributed by atoms with Crippen LogP contribution in [0.3, 0.4) is 0 Å². The third-order valence-corrected chi connectivity index (χ3v) is 5.67. The molecule has 5 heteroatoms. The number of quaternary nitrogens is 1. The lowest BCUT2D eigenvalue weighted by Crippen LogP contribution is -3.15. The molecule has 0 bridgehead atoms. The summed E-state index contributed by atoms with van der Waals surface area (Å²) in [6.07, 6.45) is 8.37. The molecule has 0 unspecified atom stereocenters. The summed E-state index contributed by atoms with van der Waals surface area (Å²) in [5.41, 5.74) is 3.42. The Kier molecular flexibility index (Phi) is 7.04. The minimum Gasteiger partial charge on any atom is -0.360 e. The van der Waals surface area contributed by atoms with E-state index in [4.69, 9.17) is 0 Å². The van der Waals surface area contributed by atoms with Crippen molar-refractivity contribution >= 4 is 17.4 Å². The molecule has 1 aromatic carbocycles. The molecule has 1 aliphatic heterocycles. The average molecular weight is 371 g/mol. The van der Waals surface area contributed by atoms with Gasteiger partial charge in [0, 0.05) is 17.8 Å². The van der Waals surface area contributed by atoms with Crippen LogP contribution in [-0.2, 0) is 4.79 Å². The van der Waals surface area contributed by atoms with E-state index in [1.807, 2.05) is 24.3 Å². The highest BCUT2D eigenvalue weighted by Gasteiger charge is 2.22. The molecule has 0 aromatic heterocycles. The summed E-state index contributed by atoms with van der Waals surface area (Å²) in [6, 6.07) is 7.83. The van der Waals surface area contributed by atoms with Gasteiger partial charge in [0.2, 0.25) is 0 Å². The summed E-state index contributed by atoms with van der Waals surface area (Å²) in [5.74, 6) is 0.266. The highest BCUT2D eigenvalue weighted by Crippen LogP contribution is 2.19. The van der Waals surface area contributed by atoms with Gasteiger partial charge in [0.15, 0.2) is 12.3 Å². The van der Waals surface area contributed by atoms with Gasteiger partial charge in [-0.05, 0) is 63.3 Å². The summed E-state index contributed by atoms with van der Waals surface area (Å²) >= 11 is 0. The molecule has 27 heavy (non-hydrogen) atoms. The van der Waals surface area contributed by atoms with E-state index in [1.54, 1.807) is 6.92 Å². The van der Waals surface area contributed by atoms with E-state index in [2.05, 4.69) is 16.3 Å². The maximum absolute atomic E-state index is 12.2. The smallest absolute Gasteiger partial charge is 0.275 e. The minimum absolute atomic E-state index is 0.0987. The highest BCUT2D eigenvalue weighted by molar-refractivity contribution is 5.94. The molecule has 1 fully saturated rings. The molecule has 2 N–H and O–H groups in total. The fourth-order valence-electron chi connectivity index (χ4n) is 3.95. The molecule has 2 aliphatic rings. The van der Waals surface area contributed by atoms with Gasteiger partial charge in [-0.2, -0.15) is 0 Å². The third-order valence-electron chi connectivity index (χ3n) is 5.67. The molecule has 0 saturated carbocycles. The van der Waals surface area contributed by atoms with Crippen molar-refractivity contribution in [1.82, 2.24) is 5.32 Å². The second-order valence-corrected chi connectivity index (χ2v) is 7.72. The van der Waals surface area contributed by atoms with Crippen LogP contribution in [0.1, 0.15) is 49.4 Å². The third kappa shape index (κ3) is 5.93. The Morgan fingerprint density at radius 3 is 2.48 bits per heavy atom. The summed E-state index contributed by atoms with van der Waals surface area (Å²) < 4.78 is 0. The fourth-order valence-corrected chi connectivity index (χ4v) is 3.95. The zero-order valence-electron chi connectivity index (χ0n) is 16.4. The highest BCUT2D eigenvalue weighted by atomic mass is 16.2. The van der Waals surface area contributed by atoms with Crippen LogP contribution in [0.25, 0.3) is 0 Å². The number of allylic oxidation sites excluding steroid dienone is 1. The molecular weight excluding hydrogens is 338 g/mol. The van der Waals surface area contributed by atoms with Gasteiger partial charge in [-0.1, -0.05) is 11.6 Å². The number of nitrogens with one attached hydrogen (secondary N) is 2. The Morgan fingerprint density at radius 1 is 1.11 bits per heavy atom. The average Bonchev–Trinajstić information content (AvgIpc) is 2.69. The van der Waals surface area contributed by atoms with Crippen molar-refractivity contribution in [2.75, 3.05) is 44.2 Å². The molecule has 1 heterocycles. The second-order valence-electron chi connectivity index (χ2n) is 7.72. The van der Waals surface area contributed by atoms with Gasteiger partial charge in [0.1, 0.15) is 0 Å². The molecule has 1 amide bonds. The molecular formula is C22H32N3O2+. The predicted octanol–water partition coefficient (Wildman–Crippen LogP) is 1.60. The van der Waals surface area contributed by atoms with Gasteiger partial charge in [-0.3, -0.25) is 9.59 Å². The first kappa shape index (κ1) is 19.6. The van der Waals surface area contributed by atoms with Crippen molar-refractivity contribution in [3.63, 3.8) is 0 Å². The number of hydrogen-bond donors (Lipinski definition) is 2. The van der Waals surface area contributed by atoms with Crippen molar-refractivity contribution in [3.05, 3.63) is 41.5 Å². The van der Waals surface area contributed by atoms with Crippen LogP contribution in [0, 0.1) is 0 Å². The molecule has 146 valence electrons. The SMILES string of the molecule is CC(=O)c1ccc(N2CC[NH+](CC(=O)NCCC3=CCCCC3)CC2)cc1. The van der Waals surface area contributed by atoms with Gasteiger partial charge in [0.05, 0.1) is 26.2 Å². The number of ketones is 1. The number of Topliss-reactive ketones (excluding diaryl/α,β-unsaturated/α-hetero) is 1. The Balaban J connectivity index is 1.36. The lowest BCUT2D eigenvalue weighted by molar-refractivity contribution is -0.892. The molecule has 3 rings (SSSR count). The molecule has 0 radical (unpaired) electrons. The van der Waals surface area contributed by atoms with E-state index in [1.165, 1.54) is 36.2 Å². The standard InChI is InChI=1S/C22H31N3O2/c1-18(26)20-7-9-21(10-8-20)25-15-13-24(14-16-25)17-22(27)23-12-11-19-5-3-2-4-6-19/h5,7-10H,2-4,6,11-17H2,1H3,(H,23,27)/p+1. The Bertz CT molecular complexity index is 673. The normalized spacial score (nSPS) is 18.1. The summed E-state index contributed by atoms with van der Waals surface area (Å²) in [7, 11) is 0. The van der Waals surface area contributed by atoms with Crippen LogP contribution in [0.15, 0.2) is 35.9 Å². The first-order chi connectivity index (χ1) is 13.1. The summed E-state index contributed by atoms with van der Waals surface area (Å²) in [6.45, 7) is 6.74. The number of hydrogen-bond acceptors (Lipinski definition) is 3. The lowest BCUT2D eigenvalue weighted by atomic mass is 9.97. The number of carbonyl (C=O) groups is 2. The Morgan fingerprint density at radius 2 is 1.85 bits per heavy atom. The molecule has 1 aliphatic carbocycles. The number of piperazine rings is 1. The topological polar surface area (TPSA) is 53.9 Å². The predicted molar refractivity (Wildman–Crippen MR) is 108 cm³/mol. The number of carbonyl (C=O) groups excluding carboxylic acids is 2. The van der Waals surface area contributed by atoms with Crippen LogP contribution in [-0.4, -0.2) is 51.0 Å². The van der Waals surface area contributed by atoms with E-state index in [-0.39, 0.29) is 11.7 Å². The van der Waals surface area contributed by atoms with Crippen molar-refractivity contribution in [2.45, 2.75) is 39.0 Å². The van der Waals surface area contributed by atoms with Gasteiger partial charge in [-0.15, -0.1) is 0 Å². The lowest BCUT2D eigenvalue weighted by Gasteiger charge is -2.33. The monoisotopic (exact) mass is 370 g/mol. The number of rotatable bonds is 7. The van der Waals surface area contributed by atoms with Crippen molar-refractivity contribution in [3.8, 4) is 0 Å². The maximum atomic E-state index is 12.2. The zero-order valence-corrected chi connectivity index (χ0v) is 16.4. The first-order valence-corrected chi connectivity index (χ1v) is 10.3. The number of nitrogens with zero attached hydrogens (tertiary/aromatic N) is 1. The van der Waals surface area contributed by atoms with Gasteiger partial charge < -0.3 is 15.1 Å². The van der Waals surface area contributed by atoms with Crippen LogP contribution < -0.4 is 15.1 Å². The van der Waals surface area contributed by atoms with Crippen LogP contribution in [0.2, 0.25) is 0 Å². The fraction of sp³-hybridized carbons (Fsp3) is 0.545. The first-order valence-electron chi connectivity index (χ1n) is 10.3. The van der Waals surface area contributed by atoms with Gasteiger partial charge >= 0.3 is 0 Å². The largest absolute Gasteiger partial charge is 0.360 e. The summed E-state index contributed by atoms with van der Waals surface area (Å²) in [5, 5.41) is 3.09. The van der Waals surface area contributed by atoms with Crippen LogP contribution in [0.4, 0.5) is 5.69 Å². The quantitative estimate of drug-likeness (QED) is 0.566. The van der Waals surface area contributed by atoms with Crippen molar-refractivity contribution in [1.29, 1.82) is 0 Å². The van der Waals surface area contributed by atoms with E-state index in [9.17, 15) is 9.59 Å². The van der Waals surface area contributed by atoms with Crippen LogP contribution >= 0.6 is 0 Å². The van der Waals surface area contributed by atoms with Gasteiger partial charge in [0.25, 0.3) is 5.91 Å². The second kappa shape index (κ2) is 9.70. The van der Waals surface area contributed by atoms with Gasteiger partial charge in [-0.25, -0.2) is 0 Å². The maximum Gasteiger partial charge on any atom is 0.275 e. The molecule has 1 aromatic rings. The molecule has 0 spiro atoms. The number of anilines is 1.